The SMILES string of the molecule is O=C(/C=C/c1cc(Cl)cc(Cl)c1)NC1(C(=O)O)CCC1. The van der Waals surface area contributed by atoms with Crippen LogP contribution in [0.2, 0.25) is 10.0 Å². The molecule has 1 aromatic rings. The van der Waals surface area contributed by atoms with Crippen LogP contribution in [0.4, 0.5) is 0 Å². The number of rotatable bonds is 4. The fourth-order valence-electron chi connectivity index (χ4n) is 2.04. The molecule has 0 aliphatic heterocycles. The maximum Gasteiger partial charge on any atom is 0.329 e. The highest BCUT2D eigenvalue weighted by Crippen LogP contribution is 2.32. The lowest BCUT2D eigenvalue weighted by Crippen LogP contribution is -2.58. The normalized spacial score (nSPS) is 16.7. The molecule has 2 N–H and O–H groups in total. The van der Waals surface area contributed by atoms with Crippen LogP contribution in [0.5, 0.6) is 0 Å². The summed E-state index contributed by atoms with van der Waals surface area (Å²) in [5.74, 6) is -1.43. The van der Waals surface area contributed by atoms with Crippen LogP contribution in [-0.2, 0) is 9.59 Å². The molecule has 0 radical (unpaired) electrons. The summed E-state index contributed by atoms with van der Waals surface area (Å²) in [7, 11) is 0. The highest BCUT2D eigenvalue weighted by atomic mass is 35.5. The molecule has 0 heterocycles. The Labute approximate surface area is 126 Å². The topological polar surface area (TPSA) is 66.4 Å². The lowest BCUT2D eigenvalue weighted by atomic mass is 9.77. The summed E-state index contributed by atoms with van der Waals surface area (Å²) in [6.07, 6.45) is 4.56. The zero-order valence-electron chi connectivity index (χ0n) is 10.5. The number of halogens is 2. The van der Waals surface area contributed by atoms with Gasteiger partial charge in [-0.05, 0) is 49.1 Å². The van der Waals surface area contributed by atoms with Gasteiger partial charge in [-0.25, -0.2) is 4.79 Å². The molecule has 0 unspecified atom stereocenters. The fraction of sp³-hybridized carbons (Fsp3) is 0.286. The quantitative estimate of drug-likeness (QED) is 0.839. The number of carbonyl (C=O) groups excluding carboxylic acids is 1. The third-order valence-electron chi connectivity index (χ3n) is 3.29. The number of hydrogen-bond donors (Lipinski definition) is 2. The number of nitrogens with one attached hydrogen (secondary N) is 1. The molecule has 0 saturated heterocycles. The van der Waals surface area contributed by atoms with Crippen LogP contribution in [0, 0.1) is 0 Å². The van der Waals surface area contributed by atoms with Crippen molar-refractivity contribution >= 4 is 41.2 Å². The van der Waals surface area contributed by atoms with Crippen LogP contribution in [0.15, 0.2) is 24.3 Å². The minimum Gasteiger partial charge on any atom is -0.480 e. The van der Waals surface area contributed by atoms with E-state index in [0.29, 0.717) is 28.5 Å². The van der Waals surface area contributed by atoms with Gasteiger partial charge >= 0.3 is 5.97 Å². The third-order valence-corrected chi connectivity index (χ3v) is 3.73. The van der Waals surface area contributed by atoms with E-state index in [1.165, 1.54) is 6.08 Å². The molecule has 1 amide bonds. The Balaban J connectivity index is 2.04. The standard InChI is InChI=1S/C14H13Cl2NO3/c15-10-6-9(7-11(16)8-10)2-3-12(18)17-14(13(19)20)4-1-5-14/h2-3,6-8H,1,4-5H2,(H,17,18)(H,19,20)/b3-2+. The molecule has 1 aliphatic carbocycles. The zero-order chi connectivity index (χ0) is 14.8. The van der Waals surface area contributed by atoms with E-state index in [4.69, 9.17) is 28.3 Å². The minimum absolute atomic E-state index is 0.441. The average molecular weight is 314 g/mol. The Morgan fingerprint density at radius 1 is 1.20 bits per heavy atom. The van der Waals surface area contributed by atoms with Crippen molar-refractivity contribution in [1.82, 2.24) is 5.32 Å². The molecule has 0 aromatic heterocycles. The molecular formula is C14H13Cl2NO3. The number of benzene rings is 1. The second-order valence-electron chi connectivity index (χ2n) is 4.77. The monoisotopic (exact) mass is 313 g/mol. The molecule has 4 nitrogen and oxygen atoms in total. The van der Waals surface area contributed by atoms with E-state index < -0.39 is 17.4 Å². The Kier molecular flexibility index (Phi) is 4.35. The molecule has 106 valence electrons. The van der Waals surface area contributed by atoms with Gasteiger partial charge in [-0.3, -0.25) is 4.79 Å². The fourth-order valence-corrected chi connectivity index (χ4v) is 2.59. The molecule has 2 rings (SSSR count). The summed E-state index contributed by atoms with van der Waals surface area (Å²) >= 11 is 11.7. The van der Waals surface area contributed by atoms with Gasteiger partial charge in [0.25, 0.3) is 0 Å². The second kappa shape index (κ2) is 5.85. The van der Waals surface area contributed by atoms with E-state index >= 15 is 0 Å². The van der Waals surface area contributed by atoms with Crippen LogP contribution < -0.4 is 5.32 Å². The molecule has 0 bridgehead atoms. The summed E-state index contributed by atoms with van der Waals surface area (Å²) in [6.45, 7) is 0. The maximum atomic E-state index is 11.8. The van der Waals surface area contributed by atoms with Crippen molar-refractivity contribution in [1.29, 1.82) is 0 Å². The summed E-state index contributed by atoms with van der Waals surface area (Å²) in [5.41, 5.74) is -0.427. The van der Waals surface area contributed by atoms with Crippen LogP contribution in [-0.4, -0.2) is 22.5 Å². The number of carboxylic acid groups (broad SMARTS) is 1. The van der Waals surface area contributed by atoms with E-state index in [1.807, 2.05) is 0 Å². The zero-order valence-corrected chi connectivity index (χ0v) is 12.0. The van der Waals surface area contributed by atoms with Gasteiger partial charge in [0.15, 0.2) is 0 Å². The summed E-state index contributed by atoms with van der Waals surface area (Å²) in [4.78, 5) is 22.9. The Bertz CT molecular complexity index is 560. The van der Waals surface area contributed by atoms with Crippen molar-refractivity contribution in [3.63, 3.8) is 0 Å². The molecule has 1 aliphatic rings. The third kappa shape index (κ3) is 3.32. The van der Waals surface area contributed by atoms with Crippen LogP contribution in [0.1, 0.15) is 24.8 Å². The Hall–Kier alpha value is -1.52. The highest BCUT2D eigenvalue weighted by Gasteiger charge is 2.45. The first-order valence-electron chi connectivity index (χ1n) is 6.11. The number of carbonyl (C=O) groups is 2. The van der Waals surface area contributed by atoms with E-state index in [1.54, 1.807) is 24.3 Å². The second-order valence-corrected chi connectivity index (χ2v) is 5.64. The van der Waals surface area contributed by atoms with Gasteiger partial charge in [0.05, 0.1) is 0 Å². The van der Waals surface area contributed by atoms with E-state index in [2.05, 4.69) is 5.32 Å². The summed E-state index contributed by atoms with van der Waals surface area (Å²) < 4.78 is 0. The van der Waals surface area contributed by atoms with Crippen LogP contribution >= 0.6 is 23.2 Å². The van der Waals surface area contributed by atoms with Crippen molar-refractivity contribution in [2.24, 2.45) is 0 Å². The largest absolute Gasteiger partial charge is 0.480 e. The van der Waals surface area contributed by atoms with Crippen molar-refractivity contribution in [3.8, 4) is 0 Å². The lowest BCUT2D eigenvalue weighted by molar-refractivity contribution is -0.151. The van der Waals surface area contributed by atoms with Gasteiger partial charge < -0.3 is 10.4 Å². The Morgan fingerprint density at radius 2 is 1.80 bits per heavy atom. The average Bonchev–Trinajstić information content (AvgIpc) is 2.29. The number of amides is 1. The molecule has 1 fully saturated rings. The molecular weight excluding hydrogens is 301 g/mol. The molecule has 1 aromatic carbocycles. The van der Waals surface area contributed by atoms with Gasteiger partial charge in [0.2, 0.25) is 5.91 Å². The molecule has 0 atom stereocenters. The van der Waals surface area contributed by atoms with Gasteiger partial charge in [-0.15, -0.1) is 0 Å². The van der Waals surface area contributed by atoms with Crippen molar-refractivity contribution in [3.05, 3.63) is 39.9 Å². The number of hydrogen-bond acceptors (Lipinski definition) is 2. The number of carboxylic acids is 1. The minimum atomic E-state index is -1.10. The van der Waals surface area contributed by atoms with E-state index in [9.17, 15) is 9.59 Å². The summed E-state index contributed by atoms with van der Waals surface area (Å²) in [6, 6.07) is 4.91. The predicted octanol–water partition coefficient (Wildman–Crippen LogP) is 3.13. The van der Waals surface area contributed by atoms with E-state index in [-0.39, 0.29) is 0 Å². The lowest BCUT2D eigenvalue weighted by Gasteiger charge is -2.37. The van der Waals surface area contributed by atoms with Crippen molar-refractivity contribution < 1.29 is 14.7 Å². The maximum absolute atomic E-state index is 11.8. The van der Waals surface area contributed by atoms with Gasteiger partial charge in [0.1, 0.15) is 5.54 Å². The van der Waals surface area contributed by atoms with Gasteiger partial charge in [0, 0.05) is 16.1 Å². The predicted molar refractivity (Wildman–Crippen MR) is 77.9 cm³/mol. The Morgan fingerprint density at radius 3 is 2.25 bits per heavy atom. The van der Waals surface area contributed by atoms with Crippen molar-refractivity contribution in [2.45, 2.75) is 24.8 Å². The van der Waals surface area contributed by atoms with Crippen molar-refractivity contribution in [2.75, 3.05) is 0 Å². The van der Waals surface area contributed by atoms with E-state index in [0.717, 1.165) is 6.42 Å². The smallest absolute Gasteiger partial charge is 0.329 e. The summed E-state index contributed by atoms with van der Waals surface area (Å²) in [5, 5.41) is 12.6. The molecule has 0 spiro atoms. The van der Waals surface area contributed by atoms with Crippen LogP contribution in [0.25, 0.3) is 6.08 Å². The molecule has 1 saturated carbocycles. The van der Waals surface area contributed by atoms with Gasteiger partial charge in [-0.1, -0.05) is 23.2 Å². The first-order valence-corrected chi connectivity index (χ1v) is 6.87. The van der Waals surface area contributed by atoms with Crippen LogP contribution in [0.3, 0.4) is 0 Å². The first kappa shape index (κ1) is 14.9. The molecule has 6 heteroatoms. The first-order chi connectivity index (χ1) is 9.41. The van der Waals surface area contributed by atoms with Gasteiger partial charge in [-0.2, -0.15) is 0 Å². The number of aliphatic carboxylic acids is 1. The molecule has 20 heavy (non-hydrogen) atoms. The highest BCUT2D eigenvalue weighted by molar-refractivity contribution is 6.34.